The first kappa shape index (κ1) is 28.6. The molecule has 0 heterocycles. The van der Waals surface area contributed by atoms with E-state index in [0.29, 0.717) is 6.42 Å². The standard InChI is InChI=1S/C23H34N4O7/c1-4-13(2)19(23(33)34)27-22(32)17(10-11-18(28)29)26-20(30)14(3)25-21(31)16(24)12-15-8-6-5-7-9-15/h5-9,13-14,16-17,19H,4,10-12,24H2,1-3H3,(H,25,31)(H,26,30)(H,27,32)(H,28,29)(H,33,34). The third-order valence-electron chi connectivity index (χ3n) is 5.44. The van der Waals surface area contributed by atoms with Gasteiger partial charge in [0.1, 0.15) is 18.1 Å². The number of carbonyl (C=O) groups excluding carboxylic acids is 3. The van der Waals surface area contributed by atoms with E-state index in [4.69, 9.17) is 10.8 Å². The number of aliphatic carboxylic acids is 2. The molecule has 0 aromatic heterocycles. The monoisotopic (exact) mass is 478 g/mol. The number of amides is 3. The van der Waals surface area contributed by atoms with Gasteiger partial charge < -0.3 is 31.9 Å². The summed E-state index contributed by atoms with van der Waals surface area (Å²) in [6.07, 6.45) is 0.0581. The highest BCUT2D eigenvalue weighted by Gasteiger charge is 2.31. The van der Waals surface area contributed by atoms with Gasteiger partial charge >= 0.3 is 11.9 Å². The predicted octanol–water partition coefficient (Wildman–Crippen LogP) is 0.0262. The summed E-state index contributed by atoms with van der Waals surface area (Å²) in [7, 11) is 0. The van der Waals surface area contributed by atoms with Crippen LogP contribution in [0.3, 0.4) is 0 Å². The molecule has 5 unspecified atom stereocenters. The van der Waals surface area contributed by atoms with E-state index in [9.17, 15) is 29.1 Å². The van der Waals surface area contributed by atoms with Crippen LogP contribution in [0.1, 0.15) is 45.6 Å². The zero-order valence-electron chi connectivity index (χ0n) is 19.6. The third kappa shape index (κ3) is 9.57. The second-order valence-electron chi connectivity index (χ2n) is 8.23. The molecule has 11 nitrogen and oxygen atoms in total. The molecule has 0 aliphatic heterocycles. The highest BCUT2D eigenvalue weighted by molar-refractivity contribution is 5.94. The lowest BCUT2D eigenvalue weighted by atomic mass is 9.98. The SMILES string of the molecule is CCC(C)C(NC(=O)C(CCC(=O)O)NC(=O)C(C)NC(=O)C(N)Cc1ccccc1)C(=O)O. The van der Waals surface area contributed by atoms with Gasteiger partial charge in [-0.15, -0.1) is 0 Å². The van der Waals surface area contributed by atoms with Gasteiger partial charge in [-0.05, 0) is 31.2 Å². The summed E-state index contributed by atoms with van der Waals surface area (Å²) in [5.74, 6) is -4.93. The van der Waals surface area contributed by atoms with E-state index in [1.165, 1.54) is 6.92 Å². The number of hydrogen-bond donors (Lipinski definition) is 6. The van der Waals surface area contributed by atoms with Crippen LogP contribution < -0.4 is 21.7 Å². The second kappa shape index (κ2) is 13.9. The van der Waals surface area contributed by atoms with Crippen molar-refractivity contribution in [3.8, 4) is 0 Å². The number of hydrogen-bond acceptors (Lipinski definition) is 6. The van der Waals surface area contributed by atoms with E-state index >= 15 is 0 Å². The van der Waals surface area contributed by atoms with Crippen LogP contribution in [0.15, 0.2) is 30.3 Å². The molecule has 1 rings (SSSR count). The Morgan fingerprint density at radius 2 is 1.53 bits per heavy atom. The van der Waals surface area contributed by atoms with E-state index in [0.717, 1.165) is 5.56 Å². The molecular formula is C23H34N4O7. The fourth-order valence-corrected chi connectivity index (χ4v) is 3.12. The summed E-state index contributed by atoms with van der Waals surface area (Å²) < 4.78 is 0. The minimum Gasteiger partial charge on any atom is -0.481 e. The first-order valence-corrected chi connectivity index (χ1v) is 11.1. The normalized spacial score (nSPS) is 15.2. The van der Waals surface area contributed by atoms with Crippen LogP contribution in [0.5, 0.6) is 0 Å². The molecule has 1 aromatic carbocycles. The van der Waals surface area contributed by atoms with Crippen LogP contribution in [0, 0.1) is 5.92 Å². The summed E-state index contributed by atoms with van der Waals surface area (Å²) >= 11 is 0. The summed E-state index contributed by atoms with van der Waals surface area (Å²) in [6.45, 7) is 4.82. The molecular weight excluding hydrogens is 444 g/mol. The molecule has 7 N–H and O–H groups in total. The number of nitrogens with one attached hydrogen (secondary N) is 3. The Morgan fingerprint density at radius 3 is 2.06 bits per heavy atom. The predicted molar refractivity (Wildman–Crippen MR) is 124 cm³/mol. The Kier molecular flexibility index (Phi) is 11.7. The van der Waals surface area contributed by atoms with Crippen molar-refractivity contribution in [1.29, 1.82) is 0 Å². The maximum atomic E-state index is 12.7. The minimum absolute atomic E-state index is 0.256. The number of benzene rings is 1. The van der Waals surface area contributed by atoms with Gasteiger partial charge in [0.05, 0.1) is 6.04 Å². The van der Waals surface area contributed by atoms with Crippen LogP contribution in [-0.4, -0.2) is 64.0 Å². The highest BCUT2D eigenvalue weighted by Crippen LogP contribution is 2.09. The highest BCUT2D eigenvalue weighted by atomic mass is 16.4. The number of carbonyl (C=O) groups is 5. The smallest absolute Gasteiger partial charge is 0.326 e. The third-order valence-corrected chi connectivity index (χ3v) is 5.44. The van der Waals surface area contributed by atoms with Crippen LogP contribution >= 0.6 is 0 Å². The molecule has 1 aromatic rings. The molecule has 0 bridgehead atoms. The first-order chi connectivity index (χ1) is 16.0. The Morgan fingerprint density at radius 1 is 0.912 bits per heavy atom. The number of carboxylic acids is 2. The van der Waals surface area contributed by atoms with Gasteiger partial charge in [0.15, 0.2) is 0 Å². The topological polar surface area (TPSA) is 188 Å². The zero-order chi connectivity index (χ0) is 25.8. The Balaban J connectivity index is 2.80. The molecule has 0 aliphatic carbocycles. The summed E-state index contributed by atoms with van der Waals surface area (Å²) in [4.78, 5) is 60.2. The van der Waals surface area contributed by atoms with E-state index in [-0.39, 0.29) is 18.8 Å². The van der Waals surface area contributed by atoms with Gasteiger partial charge in [-0.1, -0.05) is 50.6 Å². The van der Waals surface area contributed by atoms with Crippen molar-refractivity contribution in [1.82, 2.24) is 16.0 Å². The fraction of sp³-hybridized carbons (Fsp3) is 0.522. The van der Waals surface area contributed by atoms with Gasteiger partial charge in [0.25, 0.3) is 0 Å². The lowest BCUT2D eigenvalue weighted by Gasteiger charge is -2.25. The summed E-state index contributed by atoms with van der Waals surface area (Å²) in [5, 5.41) is 25.6. The molecule has 5 atom stereocenters. The molecule has 3 amide bonds. The van der Waals surface area contributed by atoms with Gasteiger partial charge in [0.2, 0.25) is 17.7 Å². The van der Waals surface area contributed by atoms with E-state index < -0.39 is 60.2 Å². The zero-order valence-corrected chi connectivity index (χ0v) is 19.6. The Hall–Kier alpha value is -3.47. The Bertz CT molecular complexity index is 862. The van der Waals surface area contributed by atoms with Crippen molar-refractivity contribution >= 4 is 29.7 Å². The summed E-state index contributed by atoms with van der Waals surface area (Å²) in [6, 6.07) is 4.62. The van der Waals surface area contributed by atoms with E-state index in [1.54, 1.807) is 13.8 Å². The molecule has 11 heteroatoms. The maximum absolute atomic E-state index is 12.7. The van der Waals surface area contributed by atoms with Crippen LogP contribution in [-0.2, 0) is 30.4 Å². The molecule has 0 saturated carbocycles. The van der Waals surface area contributed by atoms with Crippen LogP contribution in [0.4, 0.5) is 0 Å². The first-order valence-electron chi connectivity index (χ1n) is 11.1. The quantitative estimate of drug-likeness (QED) is 0.216. The molecule has 0 fully saturated rings. The van der Waals surface area contributed by atoms with Gasteiger partial charge in [-0.3, -0.25) is 19.2 Å². The summed E-state index contributed by atoms with van der Waals surface area (Å²) in [5.41, 5.74) is 6.77. The van der Waals surface area contributed by atoms with Crippen molar-refractivity contribution in [2.45, 2.75) is 70.6 Å². The number of nitrogens with two attached hydrogens (primary N) is 1. The molecule has 0 spiro atoms. The molecule has 0 saturated heterocycles. The van der Waals surface area contributed by atoms with E-state index in [2.05, 4.69) is 16.0 Å². The molecule has 34 heavy (non-hydrogen) atoms. The van der Waals surface area contributed by atoms with Crippen molar-refractivity contribution in [2.24, 2.45) is 11.7 Å². The average Bonchev–Trinajstić information content (AvgIpc) is 2.79. The van der Waals surface area contributed by atoms with Crippen molar-refractivity contribution in [2.75, 3.05) is 0 Å². The van der Waals surface area contributed by atoms with Gasteiger partial charge in [0, 0.05) is 6.42 Å². The maximum Gasteiger partial charge on any atom is 0.326 e. The van der Waals surface area contributed by atoms with Crippen molar-refractivity contribution in [3.05, 3.63) is 35.9 Å². The van der Waals surface area contributed by atoms with Gasteiger partial charge in [-0.2, -0.15) is 0 Å². The van der Waals surface area contributed by atoms with Crippen LogP contribution in [0.2, 0.25) is 0 Å². The lowest BCUT2D eigenvalue weighted by Crippen LogP contribution is -2.57. The molecule has 0 aliphatic rings. The minimum atomic E-state index is -1.30. The number of rotatable bonds is 14. The van der Waals surface area contributed by atoms with E-state index in [1.807, 2.05) is 30.3 Å². The largest absolute Gasteiger partial charge is 0.481 e. The lowest BCUT2D eigenvalue weighted by molar-refractivity contribution is -0.144. The molecule has 188 valence electrons. The number of carboxylic acid groups (broad SMARTS) is 2. The van der Waals surface area contributed by atoms with Crippen LogP contribution in [0.25, 0.3) is 0 Å². The molecule has 0 radical (unpaired) electrons. The fourth-order valence-electron chi connectivity index (χ4n) is 3.12. The van der Waals surface area contributed by atoms with Crippen molar-refractivity contribution < 1.29 is 34.2 Å². The van der Waals surface area contributed by atoms with Gasteiger partial charge in [-0.25, -0.2) is 4.79 Å². The van der Waals surface area contributed by atoms with Crippen molar-refractivity contribution in [3.63, 3.8) is 0 Å². The Labute approximate surface area is 198 Å². The average molecular weight is 479 g/mol. The second-order valence-corrected chi connectivity index (χ2v) is 8.23.